The first kappa shape index (κ1) is 20.3. The molecule has 0 saturated carbocycles. The molecule has 2 heterocycles. The van der Waals surface area contributed by atoms with Crippen LogP contribution in [0.2, 0.25) is 0 Å². The van der Waals surface area contributed by atoms with E-state index in [1.807, 2.05) is 0 Å². The molecule has 12 nitrogen and oxygen atoms in total. The van der Waals surface area contributed by atoms with Gasteiger partial charge in [-0.1, -0.05) is 12.1 Å². The molecule has 0 aliphatic rings. The van der Waals surface area contributed by atoms with Crippen LogP contribution in [0.1, 0.15) is 42.9 Å². The number of hydrogen-bond acceptors (Lipinski definition) is 7. The van der Waals surface area contributed by atoms with Crippen molar-refractivity contribution < 1.29 is 29.0 Å². The third-order valence-electron chi connectivity index (χ3n) is 4.14. The molecule has 2 amide bonds. The van der Waals surface area contributed by atoms with Crippen molar-refractivity contribution in [1.82, 2.24) is 19.9 Å². The SMILES string of the molecule is COC(=O)c1ccc([C@@H](NC(=O)c2cc(C(=O)O)n3[nH]c(=O)cc3n2)C(N)=O)cc1. The number of H-pyrrole nitrogens is 1. The zero-order valence-electron chi connectivity index (χ0n) is 15.4. The molecule has 0 spiro atoms. The molecule has 0 radical (unpaired) electrons. The fraction of sp³-hybridized carbons (Fsp3) is 0.111. The Hall–Kier alpha value is -4.48. The minimum Gasteiger partial charge on any atom is -0.477 e. The van der Waals surface area contributed by atoms with E-state index >= 15 is 0 Å². The van der Waals surface area contributed by atoms with Crippen LogP contribution in [0.25, 0.3) is 5.65 Å². The zero-order valence-corrected chi connectivity index (χ0v) is 15.4. The largest absolute Gasteiger partial charge is 0.477 e. The number of nitrogens with zero attached hydrogens (tertiary/aromatic N) is 2. The van der Waals surface area contributed by atoms with Crippen molar-refractivity contribution in [3.05, 3.63) is 69.3 Å². The number of ether oxygens (including phenoxy) is 1. The van der Waals surface area contributed by atoms with Gasteiger partial charge in [0.25, 0.3) is 11.5 Å². The topological polar surface area (TPSA) is 186 Å². The Kier molecular flexibility index (Phi) is 5.31. The van der Waals surface area contributed by atoms with Crippen molar-refractivity contribution >= 4 is 29.4 Å². The molecule has 1 aromatic carbocycles. The van der Waals surface area contributed by atoms with Gasteiger partial charge in [-0.15, -0.1) is 0 Å². The summed E-state index contributed by atoms with van der Waals surface area (Å²) in [6.45, 7) is 0. The van der Waals surface area contributed by atoms with Gasteiger partial charge in [-0.3, -0.25) is 19.5 Å². The maximum atomic E-state index is 12.6. The van der Waals surface area contributed by atoms with Crippen molar-refractivity contribution in [2.24, 2.45) is 5.73 Å². The molecule has 0 fully saturated rings. The van der Waals surface area contributed by atoms with Crippen LogP contribution in [0, 0.1) is 0 Å². The van der Waals surface area contributed by atoms with Gasteiger partial charge in [0.05, 0.1) is 12.7 Å². The Morgan fingerprint density at radius 3 is 2.43 bits per heavy atom. The Morgan fingerprint density at radius 1 is 1.20 bits per heavy atom. The number of aromatic amines is 1. The number of carbonyl (C=O) groups is 4. The monoisotopic (exact) mass is 413 g/mol. The Labute approximate surface area is 167 Å². The number of methoxy groups -OCH3 is 1. The summed E-state index contributed by atoms with van der Waals surface area (Å²) in [4.78, 5) is 62.9. The lowest BCUT2D eigenvalue weighted by Gasteiger charge is -2.16. The van der Waals surface area contributed by atoms with E-state index in [0.29, 0.717) is 0 Å². The van der Waals surface area contributed by atoms with Crippen LogP contribution < -0.4 is 16.6 Å². The Morgan fingerprint density at radius 2 is 1.87 bits per heavy atom. The van der Waals surface area contributed by atoms with Gasteiger partial charge in [0, 0.05) is 12.1 Å². The molecule has 5 N–H and O–H groups in total. The quantitative estimate of drug-likeness (QED) is 0.388. The summed E-state index contributed by atoms with van der Waals surface area (Å²) in [5, 5.41) is 13.9. The van der Waals surface area contributed by atoms with Crippen molar-refractivity contribution in [1.29, 1.82) is 0 Å². The number of carbonyl (C=O) groups excluding carboxylic acids is 3. The summed E-state index contributed by atoms with van der Waals surface area (Å²) in [6.07, 6.45) is 0. The van der Waals surface area contributed by atoms with E-state index in [-0.39, 0.29) is 22.5 Å². The number of aromatic carboxylic acids is 1. The van der Waals surface area contributed by atoms with Crippen molar-refractivity contribution in [2.75, 3.05) is 7.11 Å². The van der Waals surface area contributed by atoms with Crippen molar-refractivity contribution in [3.63, 3.8) is 0 Å². The number of nitrogens with one attached hydrogen (secondary N) is 2. The van der Waals surface area contributed by atoms with Crippen LogP contribution in [0.15, 0.2) is 41.2 Å². The highest BCUT2D eigenvalue weighted by atomic mass is 16.5. The molecule has 3 aromatic rings. The van der Waals surface area contributed by atoms with E-state index in [0.717, 1.165) is 16.6 Å². The summed E-state index contributed by atoms with van der Waals surface area (Å²) >= 11 is 0. The summed E-state index contributed by atoms with van der Waals surface area (Å²) in [7, 11) is 1.22. The van der Waals surface area contributed by atoms with E-state index in [1.165, 1.54) is 31.4 Å². The van der Waals surface area contributed by atoms with Gasteiger partial charge in [0.1, 0.15) is 11.7 Å². The van der Waals surface area contributed by atoms with Crippen LogP contribution >= 0.6 is 0 Å². The van der Waals surface area contributed by atoms with Crippen LogP contribution in [-0.2, 0) is 9.53 Å². The number of fused-ring (bicyclic) bond motifs is 1. The van der Waals surface area contributed by atoms with Gasteiger partial charge in [-0.2, -0.15) is 0 Å². The van der Waals surface area contributed by atoms with Crippen molar-refractivity contribution in [2.45, 2.75) is 6.04 Å². The highest BCUT2D eigenvalue weighted by Crippen LogP contribution is 2.16. The number of nitrogens with two attached hydrogens (primary N) is 1. The Bertz CT molecular complexity index is 1230. The predicted octanol–water partition coefficient (Wildman–Crippen LogP) is -0.536. The number of benzene rings is 1. The highest BCUT2D eigenvalue weighted by Gasteiger charge is 2.24. The fourth-order valence-corrected chi connectivity index (χ4v) is 2.72. The van der Waals surface area contributed by atoms with Gasteiger partial charge in [0.2, 0.25) is 5.91 Å². The maximum absolute atomic E-state index is 12.6. The van der Waals surface area contributed by atoms with Gasteiger partial charge >= 0.3 is 11.9 Å². The second-order valence-corrected chi connectivity index (χ2v) is 6.07. The lowest BCUT2D eigenvalue weighted by atomic mass is 10.0. The highest BCUT2D eigenvalue weighted by molar-refractivity contribution is 5.98. The molecule has 3 rings (SSSR count). The number of hydrogen-bond donors (Lipinski definition) is 4. The predicted molar refractivity (Wildman–Crippen MR) is 100.0 cm³/mol. The summed E-state index contributed by atoms with van der Waals surface area (Å²) in [6, 6.07) is 6.27. The number of carboxylic acid groups (broad SMARTS) is 1. The standard InChI is InChI=1S/C18H15N5O7/c1-30-18(29)9-4-2-8(3-5-9)14(15(19)25)21-16(26)10-6-11(17(27)28)23-12(20-10)7-13(24)22-23/h2-7,14H,1H3,(H2,19,25)(H,21,26)(H,22,24)(H,27,28)/t14-/m1/s1. The Balaban J connectivity index is 1.94. The van der Waals surface area contributed by atoms with Gasteiger partial charge in [-0.05, 0) is 17.7 Å². The van der Waals surface area contributed by atoms with E-state index < -0.39 is 41.0 Å². The van der Waals surface area contributed by atoms with Gasteiger partial charge < -0.3 is 20.9 Å². The number of primary amides is 1. The third kappa shape index (κ3) is 3.87. The molecule has 0 bridgehead atoms. The van der Waals surface area contributed by atoms with Crippen LogP contribution in [0.4, 0.5) is 0 Å². The van der Waals surface area contributed by atoms with E-state index in [9.17, 15) is 29.1 Å². The molecule has 0 unspecified atom stereocenters. The minimum absolute atomic E-state index is 0.0943. The number of esters is 1. The normalized spacial score (nSPS) is 11.6. The molecule has 0 aliphatic heterocycles. The van der Waals surface area contributed by atoms with Crippen molar-refractivity contribution in [3.8, 4) is 0 Å². The average Bonchev–Trinajstić information content (AvgIpc) is 3.10. The van der Waals surface area contributed by atoms with Crippen LogP contribution in [-0.4, -0.2) is 50.6 Å². The maximum Gasteiger partial charge on any atom is 0.354 e. The number of amides is 2. The molecular weight excluding hydrogens is 398 g/mol. The molecule has 0 saturated heterocycles. The first-order valence-electron chi connectivity index (χ1n) is 8.36. The van der Waals surface area contributed by atoms with Crippen LogP contribution in [0.5, 0.6) is 0 Å². The van der Waals surface area contributed by atoms with E-state index in [4.69, 9.17) is 5.73 Å². The second-order valence-electron chi connectivity index (χ2n) is 6.07. The van der Waals surface area contributed by atoms with E-state index in [2.05, 4.69) is 20.1 Å². The summed E-state index contributed by atoms with van der Waals surface area (Å²) in [5.74, 6) is -3.78. The average molecular weight is 413 g/mol. The minimum atomic E-state index is -1.41. The molecule has 2 aromatic heterocycles. The van der Waals surface area contributed by atoms with Crippen LogP contribution in [0.3, 0.4) is 0 Å². The molecule has 154 valence electrons. The lowest BCUT2D eigenvalue weighted by molar-refractivity contribution is -0.120. The number of carboxylic acids is 1. The zero-order chi connectivity index (χ0) is 22.0. The fourth-order valence-electron chi connectivity index (χ4n) is 2.72. The summed E-state index contributed by atoms with van der Waals surface area (Å²) < 4.78 is 5.51. The second kappa shape index (κ2) is 7.87. The third-order valence-corrected chi connectivity index (χ3v) is 4.14. The van der Waals surface area contributed by atoms with Gasteiger partial charge in [0.15, 0.2) is 11.3 Å². The summed E-state index contributed by atoms with van der Waals surface area (Å²) in [5.41, 5.74) is 4.43. The lowest BCUT2D eigenvalue weighted by Crippen LogP contribution is -2.38. The molecule has 1 atom stereocenters. The van der Waals surface area contributed by atoms with Gasteiger partial charge in [-0.25, -0.2) is 19.1 Å². The smallest absolute Gasteiger partial charge is 0.354 e. The molecule has 30 heavy (non-hydrogen) atoms. The molecule has 0 aliphatic carbocycles. The molecule has 12 heteroatoms. The first-order valence-corrected chi connectivity index (χ1v) is 8.36. The molecular formula is C18H15N5O7. The first-order chi connectivity index (χ1) is 14.2. The number of rotatable bonds is 6. The van der Waals surface area contributed by atoms with E-state index in [1.54, 1.807) is 0 Å². The number of aromatic nitrogens is 3.